The van der Waals surface area contributed by atoms with Crippen molar-refractivity contribution in [2.75, 3.05) is 11.0 Å². The first-order chi connectivity index (χ1) is 25.7. The van der Waals surface area contributed by atoms with Gasteiger partial charge in [0.25, 0.3) is 12.3 Å². The van der Waals surface area contributed by atoms with Crippen LogP contribution in [0, 0.1) is 23.6 Å². The summed E-state index contributed by atoms with van der Waals surface area (Å²) < 4.78 is 105. The fourth-order valence-corrected chi connectivity index (χ4v) is 8.23. The van der Waals surface area contributed by atoms with Gasteiger partial charge in [-0.3, -0.25) is 14.2 Å². The first-order valence-electron chi connectivity index (χ1n) is 16.9. The number of sulfonamides is 1. The maximum atomic E-state index is 16.0. The minimum Gasteiger partial charge on any atom is -0.378 e. The SMILES string of the molecule is Cn1nc(NS(C)(=O)=O)c2c(Cl)ccc(-c3ccc(C#CC(C)(C)O)nc3[C@@H](Cc3cccc(F)c3)C(C(N)=O)n3nc(C(F)F)c4c3C(F)(F)[C@@H]3C[C@H]43)c21. The Labute approximate surface area is 316 Å². The van der Waals surface area contributed by atoms with Gasteiger partial charge >= 0.3 is 0 Å². The minimum absolute atomic E-state index is 0.0210. The molecule has 2 aliphatic rings. The molecule has 0 bridgehead atoms. The molecule has 3 aromatic heterocycles. The van der Waals surface area contributed by atoms with Gasteiger partial charge < -0.3 is 10.8 Å². The van der Waals surface area contributed by atoms with E-state index in [4.69, 9.17) is 22.3 Å². The number of carbonyl (C=O) groups excluding carboxylic acids is 1. The zero-order chi connectivity index (χ0) is 39.9. The second-order valence-electron chi connectivity index (χ2n) is 14.4. The molecule has 4 N–H and O–H groups in total. The van der Waals surface area contributed by atoms with Gasteiger partial charge in [-0.15, -0.1) is 0 Å². The lowest BCUT2D eigenvalue weighted by Gasteiger charge is -2.29. The van der Waals surface area contributed by atoms with E-state index in [0.717, 1.165) is 12.3 Å². The maximum absolute atomic E-state index is 16.0. The number of amides is 1. The van der Waals surface area contributed by atoms with Crippen molar-refractivity contribution in [3.05, 3.63) is 93.3 Å². The van der Waals surface area contributed by atoms with E-state index < -0.39 is 74.9 Å². The van der Waals surface area contributed by atoms with E-state index in [0.29, 0.717) is 10.2 Å². The molecule has 18 heteroatoms. The first-order valence-corrected chi connectivity index (χ1v) is 19.2. The van der Waals surface area contributed by atoms with Gasteiger partial charge in [0, 0.05) is 35.6 Å². The molecule has 55 heavy (non-hydrogen) atoms. The summed E-state index contributed by atoms with van der Waals surface area (Å²) in [7, 11) is -2.32. The average Bonchev–Trinajstić information content (AvgIpc) is 3.61. The predicted molar refractivity (Wildman–Crippen MR) is 194 cm³/mol. The highest BCUT2D eigenvalue weighted by atomic mass is 35.5. The lowest BCUT2D eigenvalue weighted by molar-refractivity contribution is -0.122. The Bertz CT molecular complexity index is 2580. The van der Waals surface area contributed by atoms with Gasteiger partial charge in [0.1, 0.15) is 34.5 Å². The van der Waals surface area contributed by atoms with Gasteiger partial charge in [-0.2, -0.15) is 19.0 Å². The van der Waals surface area contributed by atoms with E-state index in [-0.39, 0.29) is 62.7 Å². The van der Waals surface area contributed by atoms with Gasteiger partial charge in [0.2, 0.25) is 15.9 Å². The molecule has 0 spiro atoms. The summed E-state index contributed by atoms with van der Waals surface area (Å²) in [6.45, 7) is 2.87. The Balaban J connectivity index is 1.55. The summed E-state index contributed by atoms with van der Waals surface area (Å²) in [4.78, 5) is 18.5. The number of nitrogens with two attached hydrogens (primary N) is 1. The van der Waals surface area contributed by atoms with Crippen LogP contribution in [-0.2, 0) is 34.2 Å². The van der Waals surface area contributed by atoms with E-state index in [1.807, 2.05) is 0 Å². The zero-order valence-corrected chi connectivity index (χ0v) is 31.2. The molecule has 0 aliphatic heterocycles. The number of hydrogen-bond acceptors (Lipinski definition) is 7. The Morgan fingerprint density at radius 2 is 1.85 bits per heavy atom. The topological polar surface area (TPSA) is 158 Å². The number of fused-ring (bicyclic) bond motifs is 4. The first kappa shape index (κ1) is 38.2. The minimum atomic E-state index is -3.84. The third kappa shape index (κ3) is 7.02. The second-order valence-corrected chi connectivity index (χ2v) is 16.5. The number of alkyl halides is 4. The van der Waals surface area contributed by atoms with Crippen LogP contribution in [0.1, 0.15) is 78.5 Å². The van der Waals surface area contributed by atoms with Crippen LogP contribution in [0.15, 0.2) is 48.5 Å². The molecule has 7 rings (SSSR count). The van der Waals surface area contributed by atoms with Gasteiger partial charge in [-0.1, -0.05) is 35.7 Å². The number of nitrogens with zero attached hydrogens (tertiary/aromatic N) is 5. The summed E-state index contributed by atoms with van der Waals surface area (Å²) >= 11 is 6.61. The molecule has 288 valence electrons. The van der Waals surface area contributed by atoms with Crippen LogP contribution in [-0.4, -0.2) is 55.8 Å². The zero-order valence-electron chi connectivity index (χ0n) is 29.6. The third-order valence-electron chi connectivity index (χ3n) is 9.69. The molecule has 0 saturated heterocycles. The second kappa shape index (κ2) is 13.3. The summed E-state index contributed by atoms with van der Waals surface area (Å²) in [5, 5.41) is 19.0. The van der Waals surface area contributed by atoms with Crippen LogP contribution in [0.5, 0.6) is 0 Å². The summed E-state index contributed by atoms with van der Waals surface area (Å²) in [5.41, 5.74) is 3.65. The van der Waals surface area contributed by atoms with Crippen molar-refractivity contribution in [3.8, 4) is 23.0 Å². The molecular formula is C37H33ClF5N7O4S. The smallest absolute Gasteiger partial charge is 0.293 e. The summed E-state index contributed by atoms with van der Waals surface area (Å²) in [6, 6.07) is 9.45. The van der Waals surface area contributed by atoms with E-state index in [2.05, 4.69) is 26.8 Å². The molecular weight excluding hydrogens is 769 g/mol. The Hall–Kier alpha value is -5.05. The lowest BCUT2D eigenvalue weighted by Crippen LogP contribution is -2.37. The number of benzene rings is 2. The fourth-order valence-electron chi connectivity index (χ4n) is 7.49. The number of halogens is 6. The van der Waals surface area contributed by atoms with Crippen molar-refractivity contribution < 1.29 is 40.3 Å². The summed E-state index contributed by atoms with van der Waals surface area (Å²) in [5.74, 6) is -3.73. The van der Waals surface area contributed by atoms with Crippen LogP contribution in [0.2, 0.25) is 5.02 Å². The van der Waals surface area contributed by atoms with Crippen molar-refractivity contribution in [1.82, 2.24) is 24.5 Å². The Morgan fingerprint density at radius 3 is 2.49 bits per heavy atom. The monoisotopic (exact) mass is 801 g/mol. The van der Waals surface area contributed by atoms with Crippen molar-refractivity contribution in [2.24, 2.45) is 18.7 Å². The Kier molecular flexibility index (Phi) is 9.25. The number of aryl methyl sites for hydroxylation is 1. The number of anilines is 1. The number of carbonyl (C=O) groups is 1. The van der Waals surface area contributed by atoms with Crippen molar-refractivity contribution in [1.29, 1.82) is 0 Å². The molecule has 1 saturated carbocycles. The van der Waals surface area contributed by atoms with E-state index in [1.54, 1.807) is 12.1 Å². The average molecular weight is 802 g/mol. The van der Waals surface area contributed by atoms with Crippen LogP contribution < -0.4 is 10.5 Å². The van der Waals surface area contributed by atoms with E-state index in [1.165, 1.54) is 55.9 Å². The highest BCUT2D eigenvalue weighted by Crippen LogP contribution is 2.68. The molecule has 4 atom stereocenters. The predicted octanol–water partition coefficient (Wildman–Crippen LogP) is 6.32. The van der Waals surface area contributed by atoms with Gasteiger partial charge in [0.15, 0.2) is 5.82 Å². The lowest BCUT2D eigenvalue weighted by atomic mass is 9.84. The standard InChI is InChI=1S/C37H33ClF5N7O4S/c1-36(2,52)13-12-19-8-9-20(21-10-11-25(38)27-30(21)49(3)47-35(27)48-55(4,53)54)28(45-19)23(15-17-6-5-7-18(39)14-17)31(34(44)51)50-32-26(29(46-50)33(40)41)22-16-24(22)37(32,42)43/h5-11,14,22-24,31,33,52H,15-16H2,1-4H3,(H2,44,51)(H,47,48)/t22-,23+,24+,31?/m0/s1. The number of primary amides is 1. The molecule has 2 aliphatic carbocycles. The van der Waals surface area contributed by atoms with Crippen molar-refractivity contribution in [2.45, 2.75) is 62.5 Å². The molecule has 0 radical (unpaired) electrons. The van der Waals surface area contributed by atoms with Crippen molar-refractivity contribution >= 4 is 44.3 Å². The number of aliphatic hydroxyl groups is 1. The van der Waals surface area contributed by atoms with Gasteiger partial charge in [-0.05, 0) is 74.4 Å². The maximum Gasteiger partial charge on any atom is 0.293 e. The number of pyridine rings is 1. The molecule has 11 nitrogen and oxygen atoms in total. The number of nitrogens with one attached hydrogen (secondary N) is 1. The van der Waals surface area contributed by atoms with E-state index >= 15 is 8.78 Å². The fraction of sp³-hybridized carbons (Fsp3) is 0.351. The van der Waals surface area contributed by atoms with Gasteiger partial charge in [0.05, 0.1) is 27.9 Å². The molecule has 1 fully saturated rings. The van der Waals surface area contributed by atoms with E-state index in [9.17, 15) is 31.5 Å². The largest absolute Gasteiger partial charge is 0.378 e. The van der Waals surface area contributed by atoms with Crippen LogP contribution in [0.25, 0.3) is 22.0 Å². The van der Waals surface area contributed by atoms with Crippen LogP contribution in [0.3, 0.4) is 0 Å². The third-order valence-corrected chi connectivity index (χ3v) is 10.6. The highest BCUT2D eigenvalue weighted by molar-refractivity contribution is 7.92. The normalized spacial score (nSPS) is 18.4. The van der Waals surface area contributed by atoms with Crippen LogP contribution >= 0.6 is 11.6 Å². The number of hydrogen-bond donors (Lipinski definition) is 3. The van der Waals surface area contributed by atoms with Crippen LogP contribution in [0.4, 0.5) is 27.8 Å². The summed E-state index contributed by atoms with van der Waals surface area (Å²) in [6.07, 6.45) is -2.65. The Morgan fingerprint density at radius 1 is 1.15 bits per heavy atom. The molecule has 1 amide bonds. The molecule has 3 heterocycles. The molecule has 5 aromatic rings. The number of aromatic nitrogens is 5. The van der Waals surface area contributed by atoms with Gasteiger partial charge in [-0.25, -0.2) is 31.3 Å². The highest BCUT2D eigenvalue weighted by Gasteiger charge is 2.67. The molecule has 2 aromatic carbocycles. The number of rotatable bonds is 10. The quantitative estimate of drug-likeness (QED) is 0.110. The molecule has 1 unspecified atom stereocenters. The van der Waals surface area contributed by atoms with Crippen molar-refractivity contribution in [3.63, 3.8) is 0 Å².